The summed E-state index contributed by atoms with van der Waals surface area (Å²) in [5.74, 6) is -0.843. The van der Waals surface area contributed by atoms with Gasteiger partial charge in [-0.3, -0.25) is 0 Å². The number of phenols is 1. The average molecular weight is 402 g/mol. The molecule has 0 spiro atoms. The zero-order valence-corrected chi connectivity index (χ0v) is 15.1. The van der Waals surface area contributed by atoms with E-state index in [4.69, 9.17) is 10.6 Å². The van der Waals surface area contributed by atoms with E-state index in [0.29, 0.717) is 12.2 Å². The van der Waals surface area contributed by atoms with Crippen molar-refractivity contribution < 1.29 is 23.1 Å². The summed E-state index contributed by atoms with van der Waals surface area (Å²) in [5.41, 5.74) is 9.64. The number of aromatic hydroxyl groups is 1. The number of hydrogen-bond acceptors (Lipinski definition) is 5. The number of fused-ring (bicyclic) bond motifs is 1. The number of nitrogens with one attached hydrogen (secondary N) is 1. The Hall–Kier alpha value is -3.46. The third-order valence-electron chi connectivity index (χ3n) is 4.58. The summed E-state index contributed by atoms with van der Waals surface area (Å²) in [7, 11) is 0. The lowest BCUT2D eigenvalue weighted by Crippen LogP contribution is -2.15. The quantitative estimate of drug-likeness (QED) is 0.620. The van der Waals surface area contributed by atoms with Gasteiger partial charge in [-0.15, -0.1) is 5.48 Å². The fourth-order valence-electron chi connectivity index (χ4n) is 3.29. The molecule has 0 saturated heterocycles. The Morgan fingerprint density at radius 1 is 1.28 bits per heavy atom. The minimum atomic E-state index is -4.69. The Morgan fingerprint density at radius 3 is 2.79 bits per heavy atom. The molecule has 150 valence electrons. The summed E-state index contributed by atoms with van der Waals surface area (Å²) in [6.07, 6.45) is -3.41. The topological polar surface area (TPSA) is 84.8 Å². The minimum absolute atomic E-state index is 0.00673. The maximum absolute atomic E-state index is 13.1. The van der Waals surface area contributed by atoms with E-state index in [1.165, 1.54) is 6.07 Å². The summed E-state index contributed by atoms with van der Waals surface area (Å²) in [4.78, 5) is 9.73. The van der Waals surface area contributed by atoms with Crippen molar-refractivity contribution >= 4 is 16.8 Å². The van der Waals surface area contributed by atoms with Gasteiger partial charge in [0.1, 0.15) is 5.75 Å². The number of hydrogen-bond donors (Lipinski definition) is 3. The maximum Gasteiger partial charge on any atom is 0.419 e. The highest BCUT2D eigenvalue weighted by Crippen LogP contribution is 2.37. The van der Waals surface area contributed by atoms with Crippen molar-refractivity contribution in [3.63, 3.8) is 0 Å². The number of nitrogens with zero attached hydrogens (tertiary/aromatic N) is 2. The van der Waals surface area contributed by atoms with Crippen molar-refractivity contribution in [1.82, 2.24) is 10.0 Å². The molecule has 1 unspecified atom stereocenters. The SMILES string of the molecule is C=C(N)Cn1ccc2c(C3N=C(c4ccc(O)c(C(F)(F)F)c4)ON3)cccc21. The van der Waals surface area contributed by atoms with Crippen molar-refractivity contribution in [2.24, 2.45) is 10.7 Å². The predicted octanol–water partition coefficient (Wildman–Crippen LogP) is 3.82. The molecule has 4 rings (SSSR count). The molecule has 1 atom stereocenters. The van der Waals surface area contributed by atoms with Gasteiger partial charge in [-0.2, -0.15) is 13.2 Å². The van der Waals surface area contributed by atoms with E-state index in [1.54, 1.807) is 0 Å². The zero-order valence-electron chi connectivity index (χ0n) is 15.1. The Morgan fingerprint density at radius 2 is 2.07 bits per heavy atom. The molecule has 6 nitrogen and oxygen atoms in total. The zero-order chi connectivity index (χ0) is 20.8. The molecule has 2 aromatic carbocycles. The number of allylic oxidation sites excluding steroid dienone is 1. The van der Waals surface area contributed by atoms with Crippen molar-refractivity contribution in [1.29, 1.82) is 0 Å². The number of benzene rings is 2. The molecule has 4 N–H and O–H groups in total. The van der Waals surface area contributed by atoms with E-state index in [0.717, 1.165) is 28.6 Å². The standard InChI is InChI=1S/C20H17F3N4O2/c1-11(24)10-27-8-7-13-14(3-2-4-16(13)27)18-25-19(29-26-18)12-5-6-17(28)15(9-12)20(21,22)23/h2-9,18,26,28H,1,10,24H2. The molecular formula is C20H17F3N4O2. The van der Waals surface area contributed by atoms with Crippen LogP contribution in [0.2, 0.25) is 0 Å². The van der Waals surface area contributed by atoms with Gasteiger partial charge in [0.15, 0.2) is 6.17 Å². The molecule has 1 aromatic heterocycles. The van der Waals surface area contributed by atoms with Crippen LogP contribution in [-0.2, 0) is 17.6 Å². The van der Waals surface area contributed by atoms with E-state index in [2.05, 4.69) is 17.1 Å². The van der Waals surface area contributed by atoms with Crippen LogP contribution in [-0.4, -0.2) is 15.6 Å². The van der Waals surface area contributed by atoms with Gasteiger partial charge >= 0.3 is 6.18 Å². The van der Waals surface area contributed by atoms with Gasteiger partial charge in [-0.1, -0.05) is 18.7 Å². The number of phenolic OH excluding ortho intramolecular Hbond substituents is 1. The van der Waals surface area contributed by atoms with Gasteiger partial charge in [-0.05, 0) is 30.3 Å². The first kappa shape index (κ1) is 18.9. The molecular weight excluding hydrogens is 385 g/mol. The summed E-state index contributed by atoms with van der Waals surface area (Å²) < 4.78 is 41.1. The highest BCUT2D eigenvalue weighted by Gasteiger charge is 2.35. The van der Waals surface area contributed by atoms with Gasteiger partial charge in [0, 0.05) is 33.9 Å². The molecule has 0 amide bonds. The molecule has 0 fully saturated rings. The number of rotatable bonds is 4. The molecule has 0 aliphatic carbocycles. The normalized spacial score (nSPS) is 16.7. The van der Waals surface area contributed by atoms with Crippen LogP contribution in [0.3, 0.4) is 0 Å². The van der Waals surface area contributed by atoms with E-state index >= 15 is 0 Å². The van der Waals surface area contributed by atoms with Gasteiger partial charge < -0.3 is 20.2 Å². The number of hydroxylamine groups is 1. The molecule has 2 heterocycles. The summed E-state index contributed by atoms with van der Waals surface area (Å²) >= 11 is 0. The summed E-state index contributed by atoms with van der Waals surface area (Å²) in [6.45, 7) is 4.18. The van der Waals surface area contributed by atoms with Crippen molar-refractivity contribution in [2.75, 3.05) is 0 Å². The lowest BCUT2D eigenvalue weighted by atomic mass is 10.1. The second-order valence-electron chi connectivity index (χ2n) is 6.67. The van der Waals surface area contributed by atoms with Crippen LogP contribution >= 0.6 is 0 Å². The van der Waals surface area contributed by atoms with Crippen LogP contribution < -0.4 is 11.2 Å². The molecule has 1 aliphatic rings. The first-order valence-electron chi connectivity index (χ1n) is 8.66. The van der Waals surface area contributed by atoms with Crippen LogP contribution in [0, 0.1) is 0 Å². The van der Waals surface area contributed by atoms with E-state index in [-0.39, 0.29) is 11.5 Å². The summed E-state index contributed by atoms with van der Waals surface area (Å²) in [6, 6.07) is 10.6. The minimum Gasteiger partial charge on any atom is -0.507 e. The first-order chi connectivity index (χ1) is 13.7. The van der Waals surface area contributed by atoms with Gasteiger partial charge in [-0.25, -0.2) is 4.99 Å². The van der Waals surface area contributed by atoms with Crippen LogP contribution in [0.25, 0.3) is 10.9 Å². The second-order valence-corrected chi connectivity index (χ2v) is 6.67. The number of nitrogens with two attached hydrogens (primary N) is 1. The van der Waals surface area contributed by atoms with Crippen LogP contribution in [0.15, 0.2) is 65.9 Å². The Balaban J connectivity index is 1.70. The van der Waals surface area contributed by atoms with Gasteiger partial charge in [0.25, 0.3) is 0 Å². The smallest absolute Gasteiger partial charge is 0.419 e. The lowest BCUT2D eigenvalue weighted by molar-refractivity contribution is -0.138. The van der Waals surface area contributed by atoms with Crippen LogP contribution in [0.1, 0.15) is 22.9 Å². The molecule has 0 bridgehead atoms. The number of alkyl halides is 3. The highest BCUT2D eigenvalue weighted by molar-refractivity contribution is 5.95. The molecule has 1 aliphatic heterocycles. The van der Waals surface area contributed by atoms with Gasteiger partial charge in [0.2, 0.25) is 5.90 Å². The van der Waals surface area contributed by atoms with E-state index in [1.807, 2.05) is 35.0 Å². The Kier molecular flexibility index (Phi) is 4.46. The largest absolute Gasteiger partial charge is 0.507 e. The first-order valence-corrected chi connectivity index (χ1v) is 8.66. The van der Waals surface area contributed by atoms with Crippen molar-refractivity contribution in [3.8, 4) is 5.75 Å². The molecule has 3 aromatic rings. The van der Waals surface area contributed by atoms with Gasteiger partial charge in [0.05, 0.1) is 12.1 Å². The van der Waals surface area contributed by atoms with Crippen LogP contribution in [0.5, 0.6) is 5.75 Å². The molecule has 9 heteroatoms. The van der Waals surface area contributed by atoms with E-state index < -0.39 is 23.7 Å². The number of halogens is 3. The number of aromatic nitrogens is 1. The maximum atomic E-state index is 13.1. The molecule has 0 saturated carbocycles. The monoisotopic (exact) mass is 402 g/mol. The number of aliphatic imine (C=N–C) groups is 1. The van der Waals surface area contributed by atoms with Crippen LogP contribution in [0.4, 0.5) is 13.2 Å². The fourth-order valence-corrected chi connectivity index (χ4v) is 3.29. The summed E-state index contributed by atoms with van der Waals surface area (Å²) in [5, 5.41) is 10.4. The Bertz CT molecular complexity index is 1130. The third-order valence-corrected chi connectivity index (χ3v) is 4.58. The lowest BCUT2D eigenvalue weighted by Gasteiger charge is -2.10. The predicted molar refractivity (Wildman–Crippen MR) is 102 cm³/mol. The molecule has 29 heavy (non-hydrogen) atoms. The van der Waals surface area contributed by atoms with Crippen molar-refractivity contribution in [2.45, 2.75) is 18.9 Å². The average Bonchev–Trinajstić information content (AvgIpc) is 3.28. The Labute approximate surface area is 163 Å². The van der Waals surface area contributed by atoms with E-state index in [9.17, 15) is 18.3 Å². The van der Waals surface area contributed by atoms with Crippen molar-refractivity contribution in [3.05, 3.63) is 77.6 Å². The fraction of sp³-hybridized carbons (Fsp3) is 0.150. The highest BCUT2D eigenvalue weighted by atomic mass is 19.4. The third kappa shape index (κ3) is 3.52. The molecule has 0 radical (unpaired) electrons. The second kappa shape index (κ2) is 6.85.